The van der Waals surface area contributed by atoms with Crippen molar-refractivity contribution in [1.82, 2.24) is 19.9 Å². The van der Waals surface area contributed by atoms with Gasteiger partial charge in [-0.3, -0.25) is 9.36 Å². The Bertz CT molecular complexity index is 1240. The molecular formula is C22H20ClN5O3S. The van der Waals surface area contributed by atoms with Crippen LogP contribution >= 0.6 is 23.4 Å². The molecule has 2 heterocycles. The average molecular weight is 470 g/mol. The number of nitrogens with one attached hydrogen (secondary N) is 1. The van der Waals surface area contributed by atoms with Gasteiger partial charge in [0.05, 0.1) is 12.4 Å². The Balaban J connectivity index is 1.67. The first kappa shape index (κ1) is 21.9. The van der Waals surface area contributed by atoms with E-state index >= 15 is 0 Å². The van der Waals surface area contributed by atoms with Gasteiger partial charge in [-0.2, -0.15) is 0 Å². The Morgan fingerprint density at radius 3 is 2.66 bits per heavy atom. The van der Waals surface area contributed by atoms with Crippen molar-refractivity contribution in [3.8, 4) is 22.8 Å². The van der Waals surface area contributed by atoms with Crippen LogP contribution in [0.2, 0.25) is 5.02 Å². The first-order valence-electron chi connectivity index (χ1n) is 9.71. The SMILES string of the molecule is COc1cccc(-c2nnc(SC(C)C(=O)Nc3cc(C)on3)n2-c2ccc(Cl)cc2)c1. The molecule has 1 N–H and O–H groups in total. The normalized spacial score (nSPS) is 11.9. The molecule has 32 heavy (non-hydrogen) atoms. The van der Waals surface area contributed by atoms with E-state index in [4.69, 9.17) is 20.9 Å². The number of aromatic nitrogens is 4. The number of carbonyl (C=O) groups is 1. The Labute approximate surface area is 193 Å². The van der Waals surface area contributed by atoms with Gasteiger partial charge < -0.3 is 14.6 Å². The monoisotopic (exact) mass is 469 g/mol. The minimum atomic E-state index is -0.472. The fraction of sp³-hybridized carbons (Fsp3) is 0.182. The van der Waals surface area contributed by atoms with Crippen LogP contribution in [0.5, 0.6) is 5.75 Å². The van der Waals surface area contributed by atoms with E-state index in [1.54, 1.807) is 39.2 Å². The summed E-state index contributed by atoms with van der Waals surface area (Å²) in [5.41, 5.74) is 1.65. The van der Waals surface area contributed by atoms with Gasteiger partial charge in [-0.15, -0.1) is 10.2 Å². The van der Waals surface area contributed by atoms with Crippen molar-refractivity contribution in [2.24, 2.45) is 0 Å². The number of hydrogen-bond donors (Lipinski definition) is 1. The minimum Gasteiger partial charge on any atom is -0.497 e. The van der Waals surface area contributed by atoms with Crippen LogP contribution in [-0.2, 0) is 4.79 Å². The summed E-state index contributed by atoms with van der Waals surface area (Å²) in [6, 6.07) is 16.6. The average Bonchev–Trinajstić information content (AvgIpc) is 3.40. The van der Waals surface area contributed by atoms with Crippen molar-refractivity contribution in [2.75, 3.05) is 12.4 Å². The van der Waals surface area contributed by atoms with Crippen LogP contribution in [0, 0.1) is 6.92 Å². The number of rotatable bonds is 7. The van der Waals surface area contributed by atoms with Crippen molar-refractivity contribution in [2.45, 2.75) is 24.3 Å². The molecular weight excluding hydrogens is 450 g/mol. The number of amides is 1. The molecule has 4 aromatic rings. The maximum Gasteiger partial charge on any atom is 0.238 e. The molecule has 2 aromatic heterocycles. The number of nitrogens with zero attached hydrogens (tertiary/aromatic N) is 4. The molecule has 0 fully saturated rings. The fourth-order valence-corrected chi connectivity index (χ4v) is 3.98. The molecule has 0 bridgehead atoms. The molecule has 10 heteroatoms. The fourth-order valence-electron chi connectivity index (χ4n) is 2.98. The summed E-state index contributed by atoms with van der Waals surface area (Å²) < 4.78 is 12.2. The number of anilines is 1. The minimum absolute atomic E-state index is 0.225. The van der Waals surface area contributed by atoms with E-state index in [1.807, 2.05) is 41.0 Å². The number of ether oxygens (including phenoxy) is 1. The second-order valence-corrected chi connectivity index (χ2v) is 8.67. The van der Waals surface area contributed by atoms with E-state index < -0.39 is 5.25 Å². The lowest BCUT2D eigenvalue weighted by atomic mass is 10.2. The molecule has 0 aliphatic rings. The number of methoxy groups -OCH3 is 1. The molecule has 0 aliphatic heterocycles. The number of carbonyl (C=O) groups excluding carboxylic acids is 1. The van der Waals surface area contributed by atoms with Crippen molar-refractivity contribution in [3.63, 3.8) is 0 Å². The molecule has 1 unspecified atom stereocenters. The highest BCUT2D eigenvalue weighted by atomic mass is 35.5. The summed E-state index contributed by atoms with van der Waals surface area (Å²) in [5, 5.41) is 16.0. The second kappa shape index (κ2) is 9.46. The van der Waals surface area contributed by atoms with Gasteiger partial charge in [-0.05, 0) is 50.2 Å². The Morgan fingerprint density at radius 1 is 1.19 bits per heavy atom. The van der Waals surface area contributed by atoms with Crippen LogP contribution in [-0.4, -0.2) is 38.2 Å². The lowest BCUT2D eigenvalue weighted by Crippen LogP contribution is -2.23. The number of benzene rings is 2. The van der Waals surface area contributed by atoms with Gasteiger partial charge in [-0.1, -0.05) is 40.7 Å². The standard InChI is InChI=1S/C22H20ClN5O3S/c1-13-11-19(27-31-13)24-21(29)14(2)32-22-26-25-20(15-5-4-6-18(12-15)30-3)28(22)17-9-7-16(23)8-10-17/h4-12,14H,1-3H3,(H,24,27,29). The van der Waals surface area contributed by atoms with Crippen LogP contribution in [0.1, 0.15) is 12.7 Å². The van der Waals surface area contributed by atoms with Crippen LogP contribution in [0.3, 0.4) is 0 Å². The first-order chi connectivity index (χ1) is 15.4. The van der Waals surface area contributed by atoms with E-state index in [9.17, 15) is 4.79 Å². The lowest BCUT2D eigenvalue weighted by Gasteiger charge is -2.13. The zero-order valence-electron chi connectivity index (χ0n) is 17.6. The summed E-state index contributed by atoms with van der Waals surface area (Å²) in [7, 11) is 1.61. The van der Waals surface area contributed by atoms with Gasteiger partial charge in [0.2, 0.25) is 5.91 Å². The maximum atomic E-state index is 12.7. The third-order valence-electron chi connectivity index (χ3n) is 4.58. The van der Waals surface area contributed by atoms with E-state index in [2.05, 4.69) is 20.7 Å². The molecule has 0 aliphatic carbocycles. The number of thioether (sulfide) groups is 1. The Kier molecular flexibility index (Phi) is 6.48. The van der Waals surface area contributed by atoms with Crippen molar-refractivity contribution < 1.29 is 14.1 Å². The molecule has 164 valence electrons. The van der Waals surface area contributed by atoms with Crippen LogP contribution < -0.4 is 10.1 Å². The van der Waals surface area contributed by atoms with Gasteiger partial charge in [0.15, 0.2) is 16.8 Å². The number of aryl methyl sites for hydroxylation is 1. The third kappa shape index (κ3) is 4.79. The van der Waals surface area contributed by atoms with Crippen molar-refractivity contribution in [3.05, 3.63) is 65.4 Å². The van der Waals surface area contributed by atoms with Crippen molar-refractivity contribution >= 4 is 35.1 Å². The molecule has 1 atom stereocenters. The molecule has 4 rings (SSSR count). The van der Waals surface area contributed by atoms with E-state index in [0.29, 0.717) is 33.3 Å². The number of halogens is 1. The van der Waals surface area contributed by atoms with Crippen LogP contribution in [0.25, 0.3) is 17.1 Å². The summed E-state index contributed by atoms with van der Waals surface area (Å²) >= 11 is 7.37. The van der Waals surface area contributed by atoms with Crippen LogP contribution in [0.15, 0.2) is 64.3 Å². The summed E-state index contributed by atoms with van der Waals surface area (Å²) in [6.07, 6.45) is 0. The molecule has 0 saturated carbocycles. The van der Waals surface area contributed by atoms with Gasteiger partial charge in [-0.25, -0.2) is 0 Å². The van der Waals surface area contributed by atoms with Gasteiger partial charge in [0.1, 0.15) is 11.5 Å². The lowest BCUT2D eigenvalue weighted by molar-refractivity contribution is -0.115. The molecule has 1 amide bonds. The smallest absolute Gasteiger partial charge is 0.238 e. The predicted octanol–water partition coefficient (Wildman–Crippen LogP) is 5.01. The zero-order chi connectivity index (χ0) is 22.7. The molecule has 0 radical (unpaired) electrons. The summed E-state index contributed by atoms with van der Waals surface area (Å²) in [4.78, 5) is 12.7. The Morgan fingerprint density at radius 2 is 1.97 bits per heavy atom. The quantitative estimate of drug-likeness (QED) is 0.380. The first-order valence-corrected chi connectivity index (χ1v) is 11.0. The highest BCUT2D eigenvalue weighted by Crippen LogP contribution is 2.32. The molecule has 0 saturated heterocycles. The van der Waals surface area contributed by atoms with Crippen LogP contribution in [0.4, 0.5) is 5.82 Å². The number of hydrogen-bond acceptors (Lipinski definition) is 7. The maximum absolute atomic E-state index is 12.7. The summed E-state index contributed by atoms with van der Waals surface area (Å²) in [5.74, 6) is 2.09. The molecule has 0 spiro atoms. The van der Waals surface area contributed by atoms with Gasteiger partial charge in [0.25, 0.3) is 0 Å². The highest BCUT2D eigenvalue weighted by Gasteiger charge is 2.23. The highest BCUT2D eigenvalue weighted by molar-refractivity contribution is 8.00. The molecule has 8 nitrogen and oxygen atoms in total. The van der Waals surface area contributed by atoms with E-state index in [0.717, 1.165) is 11.3 Å². The Hall–Kier alpha value is -3.30. The topological polar surface area (TPSA) is 95.1 Å². The molecule has 2 aromatic carbocycles. The van der Waals surface area contributed by atoms with Gasteiger partial charge >= 0.3 is 0 Å². The zero-order valence-corrected chi connectivity index (χ0v) is 19.1. The predicted molar refractivity (Wildman–Crippen MR) is 124 cm³/mol. The van der Waals surface area contributed by atoms with E-state index in [-0.39, 0.29) is 5.91 Å². The van der Waals surface area contributed by atoms with Gasteiger partial charge in [0, 0.05) is 22.3 Å². The van der Waals surface area contributed by atoms with Crippen molar-refractivity contribution in [1.29, 1.82) is 0 Å². The van der Waals surface area contributed by atoms with E-state index in [1.165, 1.54) is 11.8 Å². The largest absolute Gasteiger partial charge is 0.497 e. The third-order valence-corrected chi connectivity index (χ3v) is 5.87. The second-order valence-electron chi connectivity index (χ2n) is 6.92. The summed E-state index contributed by atoms with van der Waals surface area (Å²) in [6.45, 7) is 3.55.